The normalized spacial score (nSPS) is 12.1. The van der Waals surface area contributed by atoms with Gasteiger partial charge in [-0.2, -0.15) is 0 Å². The Hall–Kier alpha value is -1.33. The zero-order valence-corrected chi connectivity index (χ0v) is 6.41. The first kappa shape index (κ1) is 7.77. The number of hydrogen-bond acceptors (Lipinski definition) is 2. The molecule has 1 aromatic heterocycles. The van der Waals surface area contributed by atoms with Crippen LogP contribution in [0, 0.1) is 19.3 Å². The summed E-state index contributed by atoms with van der Waals surface area (Å²) in [5.41, 5.74) is 7.42. The Balaban J connectivity index is 3.05. The van der Waals surface area contributed by atoms with Crippen LogP contribution in [0.4, 0.5) is 0 Å². The highest BCUT2D eigenvalue weighted by Gasteiger charge is 2.04. The SMILES string of the molecule is C#CC(N)c1ncccc1C. The summed E-state index contributed by atoms with van der Waals surface area (Å²) in [6.45, 7) is 1.94. The topological polar surface area (TPSA) is 38.9 Å². The molecule has 0 spiro atoms. The Kier molecular flexibility index (Phi) is 2.25. The van der Waals surface area contributed by atoms with Gasteiger partial charge in [-0.3, -0.25) is 4.98 Å². The molecule has 0 aliphatic carbocycles. The maximum atomic E-state index is 5.60. The molecule has 2 nitrogen and oxygen atoms in total. The lowest BCUT2D eigenvalue weighted by Crippen LogP contribution is -2.10. The molecular formula is C9H10N2. The Morgan fingerprint density at radius 3 is 3.00 bits per heavy atom. The molecule has 0 saturated heterocycles. The smallest absolute Gasteiger partial charge is 0.109 e. The van der Waals surface area contributed by atoms with E-state index in [-0.39, 0.29) is 6.04 Å². The summed E-state index contributed by atoms with van der Waals surface area (Å²) < 4.78 is 0. The molecule has 1 unspecified atom stereocenters. The first-order valence-corrected chi connectivity index (χ1v) is 3.39. The van der Waals surface area contributed by atoms with E-state index in [2.05, 4.69) is 10.9 Å². The monoisotopic (exact) mass is 146 g/mol. The lowest BCUT2D eigenvalue weighted by Gasteiger charge is -2.05. The van der Waals surface area contributed by atoms with Gasteiger partial charge in [0.15, 0.2) is 0 Å². The highest BCUT2D eigenvalue weighted by atomic mass is 14.8. The van der Waals surface area contributed by atoms with Crippen LogP contribution in [-0.2, 0) is 0 Å². The van der Waals surface area contributed by atoms with Crippen molar-refractivity contribution in [2.45, 2.75) is 13.0 Å². The van der Waals surface area contributed by atoms with Crippen molar-refractivity contribution in [1.29, 1.82) is 0 Å². The van der Waals surface area contributed by atoms with Crippen LogP contribution in [-0.4, -0.2) is 4.98 Å². The third kappa shape index (κ3) is 1.57. The van der Waals surface area contributed by atoms with E-state index in [1.165, 1.54) is 0 Å². The van der Waals surface area contributed by atoms with Gasteiger partial charge < -0.3 is 5.73 Å². The van der Waals surface area contributed by atoms with Crippen molar-refractivity contribution in [3.8, 4) is 12.3 Å². The summed E-state index contributed by atoms with van der Waals surface area (Å²) >= 11 is 0. The van der Waals surface area contributed by atoms with Crippen LogP contribution in [0.3, 0.4) is 0 Å². The predicted molar refractivity (Wildman–Crippen MR) is 44.7 cm³/mol. The molecular weight excluding hydrogens is 136 g/mol. The number of pyridine rings is 1. The molecule has 2 heteroatoms. The minimum absolute atomic E-state index is 0.379. The fourth-order valence-electron chi connectivity index (χ4n) is 0.902. The average Bonchev–Trinajstić information content (AvgIpc) is 2.04. The molecule has 1 rings (SSSR count). The van der Waals surface area contributed by atoms with E-state index in [9.17, 15) is 0 Å². The summed E-state index contributed by atoms with van der Waals surface area (Å²) in [5.74, 6) is 2.44. The quantitative estimate of drug-likeness (QED) is 0.601. The fourth-order valence-corrected chi connectivity index (χ4v) is 0.902. The minimum atomic E-state index is -0.379. The molecule has 0 aliphatic heterocycles. The molecule has 0 aromatic carbocycles. The molecule has 0 bridgehead atoms. The van der Waals surface area contributed by atoms with Gasteiger partial charge in [-0.05, 0) is 18.6 Å². The van der Waals surface area contributed by atoms with Gasteiger partial charge in [0.2, 0.25) is 0 Å². The van der Waals surface area contributed by atoms with Gasteiger partial charge in [0.25, 0.3) is 0 Å². The predicted octanol–water partition coefficient (Wildman–Crippen LogP) is 1.02. The van der Waals surface area contributed by atoms with Crippen LogP contribution in [0.15, 0.2) is 18.3 Å². The highest BCUT2D eigenvalue weighted by molar-refractivity contribution is 5.25. The van der Waals surface area contributed by atoms with Crippen molar-refractivity contribution < 1.29 is 0 Å². The van der Waals surface area contributed by atoms with Gasteiger partial charge in [0.1, 0.15) is 6.04 Å². The van der Waals surface area contributed by atoms with Crippen LogP contribution >= 0.6 is 0 Å². The van der Waals surface area contributed by atoms with E-state index >= 15 is 0 Å². The lowest BCUT2D eigenvalue weighted by molar-refractivity contribution is 0.876. The van der Waals surface area contributed by atoms with Crippen molar-refractivity contribution in [1.82, 2.24) is 4.98 Å². The fraction of sp³-hybridized carbons (Fsp3) is 0.222. The van der Waals surface area contributed by atoms with Crippen molar-refractivity contribution in [2.75, 3.05) is 0 Å². The molecule has 0 fully saturated rings. The number of aromatic nitrogens is 1. The molecule has 11 heavy (non-hydrogen) atoms. The molecule has 56 valence electrons. The Bertz CT molecular complexity index is 286. The molecule has 1 aromatic rings. The van der Waals surface area contributed by atoms with E-state index in [0.29, 0.717) is 0 Å². The number of rotatable bonds is 1. The number of nitrogens with zero attached hydrogens (tertiary/aromatic N) is 1. The molecule has 2 N–H and O–H groups in total. The Morgan fingerprint density at radius 1 is 1.73 bits per heavy atom. The summed E-state index contributed by atoms with van der Waals surface area (Å²) in [4.78, 5) is 4.08. The molecule has 0 aliphatic rings. The van der Waals surface area contributed by atoms with E-state index in [0.717, 1.165) is 11.3 Å². The van der Waals surface area contributed by atoms with Gasteiger partial charge in [-0.15, -0.1) is 6.42 Å². The van der Waals surface area contributed by atoms with Gasteiger partial charge >= 0.3 is 0 Å². The Labute approximate surface area is 66.4 Å². The van der Waals surface area contributed by atoms with Crippen molar-refractivity contribution in [3.05, 3.63) is 29.6 Å². The molecule has 1 atom stereocenters. The van der Waals surface area contributed by atoms with Gasteiger partial charge in [-0.25, -0.2) is 0 Å². The second-order valence-electron chi connectivity index (χ2n) is 2.35. The first-order valence-electron chi connectivity index (χ1n) is 3.39. The zero-order valence-electron chi connectivity index (χ0n) is 6.41. The Morgan fingerprint density at radius 2 is 2.45 bits per heavy atom. The minimum Gasteiger partial charge on any atom is -0.313 e. The van der Waals surface area contributed by atoms with Crippen LogP contribution in [0.25, 0.3) is 0 Å². The summed E-state index contributed by atoms with van der Waals surface area (Å²) in [6.07, 6.45) is 6.85. The number of terminal acetylenes is 1. The summed E-state index contributed by atoms with van der Waals surface area (Å²) in [7, 11) is 0. The third-order valence-corrected chi connectivity index (χ3v) is 1.52. The second kappa shape index (κ2) is 3.18. The number of hydrogen-bond donors (Lipinski definition) is 1. The number of aryl methyl sites for hydroxylation is 1. The summed E-state index contributed by atoms with van der Waals surface area (Å²) in [6, 6.07) is 3.43. The maximum absolute atomic E-state index is 5.60. The van der Waals surface area contributed by atoms with E-state index in [4.69, 9.17) is 12.2 Å². The second-order valence-corrected chi connectivity index (χ2v) is 2.35. The van der Waals surface area contributed by atoms with E-state index < -0.39 is 0 Å². The molecule has 1 heterocycles. The highest BCUT2D eigenvalue weighted by Crippen LogP contribution is 2.09. The van der Waals surface area contributed by atoms with Gasteiger partial charge in [0.05, 0.1) is 5.69 Å². The van der Waals surface area contributed by atoms with Gasteiger partial charge in [0, 0.05) is 6.20 Å². The van der Waals surface area contributed by atoms with Crippen LogP contribution in [0.2, 0.25) is 0 Å². The third-order valence-electron chi connectivity index (χ3n) is 1.52. The summed E-state index contributed by atoms with van der Waals surface area (Å²) in [5, 5.41) is 0. The van der Waals surface area contributed by atoms with Crippen LogP contribution in [0.1, 0.15) is 17.3 Å². The van der Waals surface area contributed by atoms with Crippen molar-refractivity contribution in [3.63, 3.8) is 0 Å². The average molecular weight is 146 g/mol. The maximum Gasteiger partial charge on any atom is 0.109 e. The van der Waals surface area contributed by atoms with E-state index in [1.807, 2.05) is 19.1 Å². The molecule has 0 saturated carbocycles. The molecule has 0 radical (unpaired) electrons. The first-order chi connectivity index (χ1) is 5.25. The van der Waals surface area contributed by atoms with Gasteiger partial charge in [-0.1, -0.05) is 12.0 Å². The van der Waals surface area contributed by atoms with Crippen molar-refractivity contribution >= 4 is 0 Å². The van der Waals surface area contributed by atoms with Crippen LogP contribution < -0.4 is 5.73 Å². The standard InChI is InChI=1S/C9H10N2/c1-3-8(10)9-7(2)5-4-6-11-9/h1,4-6,8H,10H2,2H3. The van der Waals surface area contributed by atoms with Crippen molar-refractivity contribution in [2.24, 2.45) is 5.73 Å². The molecule has 0 amide bonds. The lowest BCUT2D eigenvalue weighted by atomic mass is 10.1. The largest absolute Gasteiger partial charge is 0.313 e. The number of nitrogens with two attached hydrogens (primary N) is 1. The van der Waals surface area contributed by atoms with E-state index in [1.54, 1.807) is 6.20 Å². The zero-order chi connectivity index (χ0) is 8.27. The van der Waals surface area contributed by atoms with Crippen LogP contribution in [0.5, 0.6) is 0 Å².